The maximum Gasteiger partial charge on any atom is 0.260 e. The fourth-order valence-corrected chi connectivity index (χ4v) is 3.19. The minimum Gasteiger partial charge on any atom is -0.392 e. The van der Waals surface area contributed by atoms with E-state index < -0.39 is 10.0 Å². The number of nitrogens with zero attached hydrogens (tertiary/aromatic N) is 1. The standard InChI is InChI=1S/C9H15N3O4S/c1-6-8(4-13)9(11-10-6)17(14,15)12-7-2-3-16-5-7/h7,12-13H,2-5H2,1H3,(H,10,11). The van der Waals surface area contributed by atoms with E-state index >= 15 is 0 Å². The molecule has 1 fully saturated rings. The van der Waals surface area contributed by atoms with Crippen LogP contribution in [0, 0.1) is 6.92 Å². The lowest BCUT2D eigenvalue weighted by Crippen LogP contribution is -2.35. The van der Waals surface area contributed by atoms with Crippen molar-refractivity contribution >= 4 is 10.0 Å². The molecule has 1 aliphatic heterocycles. The number of aliphatic hydroxyl groups excluding tert-OH is 1. The maximum atomic E-state index is 12.0. The average molecular weight is 261 g/mol. The van der Waals surface area contributed by atoms with Gasteiger partial charge in [-0.25, -0.2) is 13.1 Å². The zero-order valence-corrected chi connectivity index (χ0v) is 10.2. The molecule has 1 atom stereocenters. The molecule has 1 aromatic heterocycles. The smallest absolute Gasteiger partial charge is 0.260 e. The van der Waals surface area contributed by atoms with Crippen molar-refractivity contribution in [3.05, 3.63) is 11.3 Å². The van der Waals surface area contributed by atoms with Crippen LogP contribution in [-0.4, -0.2) is 43.0 Å². The SMILES string of the molecule is Cc1[nH]nc(S(=O)(=O)NC2CCOC2)c1CO. The van der Waals surface area contributed by atoms with Crippen LogP contribution in [0.1, 0.15) is 17.7 Å². The Morgan fingerprint density at radius 3 is 3.00 bits per heavy atom. The van der Waals surface area contributed by atoms with E-state index in [9.17, 15) is 8.42 Å². The van der Waals surface area contributed by atoms with Gasteiger partial charge in [-0.2, -0.15) is 5.10 Å². The van der Waals surface area contributed by atoms with Crippen LogP contribution in [0.2, 0.25) is 0 Å². The fourth-order valence-electron chi connectivity index (χ4n) is 1.74. The van der Waals surface area contributed by atoms with Gasteiger partial charge in [0.25, 0.3) is 10.0 Å². The third-order valence-corrected chi connectivity index (χ3v) is 4.19. The summed E-state index contributed by atoms with van der Waals surface area (Å²) in [4.78, 5) is 0. The van der Waals surface area contributed by atoms with Gasteiger partial charge in [0.1, 0.15) is 0 Å². The molecule has 8 heteroatoms. The minimum atomic E-state index is -3.70. The Labute approximate surface area is 99.2 Å². The molecule has 0 saturated carbocycles. The lowest BCUT2D eigenvalue weighted by molar-refractivity contribution is 0.192. The maximum absolute atomic E-state index is 12.0. The van der Waals surface area contributed by atoms with Crippen LogP contribution in [0.25, 0.3) is 0 Å². The molecule has 1 saturated heterocycles. The third kappa shape index (κ3) is 2.49. The highest BCUT2D eigenvalue weighted by molar-refractivity contribution is 7.89. The zero-order chi connectivity index (χ0) is 12.5. The largest absolute Gasteiger partial charge is 0.392 e. The number of nitrogens with one attached hydrogen (secondary N) is 2. The van der Waals surface area contributed by atoms with Crippen LogP contribution in [-0.2, 0) is 21.4 Å². The molecule has 0 aromatic carbocycles. The van der Waals surface area contributed by atoms with E-state index in [0.717, 1.165) is 0 Å². The predicted octanol–water partition coefficient (Wildman–Crippen LogP) is -0.722. The highest BCUT2D eigenvalue weighted by Gasteiger charge is 2.28. The molecule has 2 heterocycles. The molecule has 17 heavy (non-hydrogen) atoms. The number of aromatic nitrogens is 2. The number of ether oxygens (including phenoxy) is 1. The average Bonchev–Trinajstić information content (AvgIpc) is 2.86. The molecule has 7 nitrogen and oxygen atoms in total. The van der Waals surface area contributed by atoms with Gasteiger partial charge < -0.3 is 9.84 Å². The topological polar surface area (TPSA) is 104 Å². The second-order valence-electron chi connectivity index (χ2n) is 3.97. The summed E-state index contributed by atoms with van der Waals surface area (Å²) in [6.07, 6.45) is 0.650. The van der Waals surface area contributed by atoms with Crippen molar-refractivity contribution in [1.82, 2.24) is 14.9 Å². The summed E-state index contributed by atoms with van der Waals surface area (Å²) in [5.41, 5.74) is 0.854. The number of H-pyrrole nitrogens is 1. The summed E-state index contributed by atoms with van der Waals surface area (Å²) in [5.74, 6) is 0. The first-order valence-corrected chi connectivity index (χ1v) is 6.77. The van der Waals surface area contributed by atoms with E-state index in [4.69, 9.17) is 9.84 Å². The van der Waals surface area contributed by atoms with Crippen LogP contribution in [0.3, 0.4) is 0 Å². The van der Waals surface area contributed by atoms with Crippen LogP contribution in [0.5, 0.6) is 0 Å². The van der Waals surface area contributed by atoms with Crippen molar-refractivity contribution in [3.8, 4) is 0 Å². The lowest BCUT2D eigenvalue weighted by atomic mass is 10.3. The Morgan fingerprint density at radius 1 is 1.65 bits per heavy atom. The Morgan fingerprint density at radius 2 is 2.41 bits per heavy atom. The van der Waals surface area contributed by atoms with Gasteiger partial charge in [-0.3, -0.25) is 5.10 Å². The first-order valence-electron chi connectivity index (χ1n) is 5.29. The molecule has 0 spiro atoms. The van der Waals surface area contributed by atoms with Gasteiger partial charge in [0.15, 0.2) is 5.03 Å². The number of rotatable bonds is 4. The monoisotopic (exact) mass is 261 g/mol. The Balaban J connectivity index is 2.24. The van der Waals surface area contributed by atoms with Crippen LogP contribution in [0.15, 0.2) is 5.03 Å². The van der Waals surface area contributed by atoms with Crippen molar-refractivity contribution in [3.63, 3.8) is 0 Å². The van der Waals surface area contributed by atoms with Gasteiger partial charge in [0.05, 0.1) is 13.2 Å². The number of hydrogen-bond donors (Lipinski definition) is 3. The van der Waals surface area contributed by atoms with E-state index in [1.807, 2.05) is 0 Å². The van der Waals surface area contributed by atoms with Crippen LogP contribution >= 0.6 is 0 Å². The van der Waals surface area contributed by atoms with Gasteiger partial charge >= 0.3 is 0 Å². The highest BCUT2D eigenvalue weighted by Crippen LogP contribution is 2.17. The van der Waals surface area contributed by atoms with Crippen molar-refractivity contribution in [1.29, 1.82) is 0 Å². The van der Waals surface area contributed by atoms with Crippen molar-refractivity contribution in [2.24, 2.45) is 0 Å². The van der Waals surface area contributed by atoms with Gasteiger partial charge in [-0.05, 0) is 13.3 Å². The molecule has 1 aromatic rings. The normalized spacial score (nSPS) is 20.9. The Kier molecular flexibility index (Phi) is 3.48. The quantitative estimate of drug-likeness (QED) is 0.663. The van der Waals surface area contributed by atoms with E-state index in [1.165, 1.54) is 0 Å². The molecule has 3 N–H and O–H groups in total. The third-order valence-electron chi connectivity index (χ3n) is 2.70. The van der Waals surface area contributed by atoms with Gasteiger partial charge in [-0.1, -0.05) is 0 Å². The fraction of sp³-hybridized carbons (Fsp3) is 0.667. The van der Waals surface area contributed by atoms with Gasteiger partial charge in [0.2, 0.25) is 0 Å². The summed E-state index contributed by atoms with van der Waals surface area (Å²) in [5, 5.41) is 15.3. The van der Waals surface area contributed by atoms with Gasteiger partial charge in [-0.15, -0.1) is 0 Å². The predicted molar refractivity (Wildman–Crippen MR) is 58.8 cm³/mol. The number of aromatic amines is 1. The summed E-state index contributed by atoms with van der Waals surface area (Å²) < 4.78 is 31.7. The van der Waals surface area contributed by atoms with E-state index in [-0.39, 0.29) is 17.7 Å². The van der Waals surface area contributed by atoms with Crippen LogP contribution < -0.4 is 4.72 Å². The van der Waals surface area contributed by atoms with E-state index in [2.05, 4.69) is 14.9 Å². The summed E-state index contributed by atoms with van der Waals surface area (Å²) >= 11 is 0. The molecule has 0 aliphatic carbocycles. The van der Waals surface area contributed by atoms with E-state index in [1.54, 1.807) is 6.92 Å². The number of aliphatic hydroxyl groups is 1. The second kappa shape index (κ2) is 4.73. The van der Waals surface area contributed by atoms with Gasteiger partial charge in [0, 0.05) is 23.9 Å². The summed E-state index contributed by atoms with van der Waals surface area (Å²) in [6.45, 7) is 2.23. The second-order valence-corrected chi connectivity index (χ2v) is 5.60. The lowest BCUT2D eigenvalue weighted by Gasteiger charge is -2.10. The summed E-state index contributed by atoms with van der Waals surface area (Å²) in [6, 6.07) is -0.219. The molecular weight excluding hydrogens is 246 g/mol. The molecule has 0 radical (unpaired) electrons. The first kappa shape index (κ1) is 12.5. The molecule has 0 amide bonds. The first-order chi connectivity index (χ1) is 8.04. The Hall–Kier alpha value is -0.960. The van der Waals surface area contributed by atoms with Crippen LogP contribution in [0.4, 0.5) is 0 Å². The Bertz CT molecular complexity index is 490. The number of sulfonamides is 1. The number of aryl methyl sites for hydroxylation is 1. The summed E-state index contributed by atoms with van der Waals surface area (Å²) in [7, 11) is -3.70. The molecular formula is C9H15N3O4S. The van der Waals surface area contributed by atoms with Crippen molar-refractivity contribution < 1.29 is 18.3 Å². The van der Waals surface area contributed by atoms with E-state index in [0.29, 0.717) is 30.9 Å². The number of hydrogen-bond acceptors (Lipinski definition) is 5. The molecule has 96 valence electrons. The molecule has 2 rings (SSSR count). The highest BCUT2D eigenvalue weighted by atomic mass is 32.2. The minimum absolute atomic E-state index is 0.135. The molecule has 0 bridgehead atoms. The van der Waals surface area contributed by atoms with Crippen molar-refractivity contribution in [2.75, 3.05) is 13.2 Å². The zero-order valence-electron chi connectivity index (χ0n) is 9.43. The van der Waals surface area contributed by atoms with Crippen molar-refractivity contribution in [2.45, 2.75) is 31.0 Å². The molecule has 1 aliphatic rings. The molecule has 1 unspecified atom stereocenters.